The summed E-state index contributed by atoms with van der Waals surface area (Å²) in [5.41, 5.74) is 2.06. The third kappa shape index (κ3) is 7.11. The lowest BCUT2D eigenvalue weighted by atomic mass is 10.1. The summed E-state index contributed by atoms with van der Waals surface area (Å²) in [6.07, 6.45) is 7.53. The number of benzene rings is 1. The number of aryl methyl sites for hydroxylation is 1. The van der Waals surface area contributed by atoms with Crippen molar-refractivity contribution >= 4 is 41.7 Å². The molecule has 0 saturated carbocycles. The largest absolute Gasteiger partial charge is 0.357 e. The summed E-state index contributed by atoms with van der Waals surface area (Å²) in [7, 11) is 0. The van der Waals surface area contributed by atoms with Crippen LogP contribution in [-0.4, -0.2) is 40.1 Å². The third-order valence-electron chi connectivity index (χ3n) is 5.05. The van der Waals surface area contributed by atoms with Crippen LogP contribution in [0.4, 0.5) is 4.39 Å². The van der Waals surface area contributed by atoms with Crippen LogP contribution in [0.25, 0.3) is 0 Å². The molecule has 0 fully saturated rings. The number of halogens is 2. The average molecular weight is 546 g/mol. The standard InChI is InChI=1S/C21H31FN6S.HI/c1-3-23-21(25-14-16-8-9-18(22)13-17(16)15-29-2)24-11-10-20-27-26-19-7-5-4-6-12-28(19)20;/h8-9,13H,3-7,10-12,14-15H2,1-2H3,(H2,23,24,25);1H. The zero-order valence-corrected chi connectivity index (χ0v) is 20.9. The van der Waals surface area contributed by atoms with Gasteiger partial charge in [-0.05, 0) is 49.3 Å². The molecule has 0 saturated heterocycles. The number of nitrogens with one attached hydrogen (secondary N) is 2. The molecule has 30 heavy (non-hydrogen) atoms. The molecule has 9 heteroatoms. The van der Waals surface area contributed by atoms with E-state index in [9.17, 15) is 4.39 Å². The molecule has 166 valence electrons. The van der Waals surface area contributed by atoms with Gasteiger partial charge < -0.3 is 15.2 Å². The summed E-state index contributed by atoms with van der Waals surface area (Å²) in [5, 5.41) is 15.4. The first-order valence-corrected chi connectivity index (χ1v) is 11.8. The van der Waals surface area contributed by atoms with Crippen molar-refractivity contribution in [3.8, 4) is 0 Å². The lowest BCUT2D eigenvalue weighted by Crippen LogP contribution is -2.38. The number of hydrogen-bond donors (Lipinski definition) is 2. The summed E-state index contributed by atoms with van der Waals surface area (Å²) >= 11 is 1.69. The van der Waals surface area contributed by atoms with Crippen molar-refractivity contribution in [3.63, 3.8) is 0 Å². The minimum atomic E-state index is -0.195. The number of nitrogens with zero attached hydrogens (tertiary/aromatic N) is 4. The Balaban J connectivity index is 0.00000320. The second-order valence-electron chi connectivity index (χ2n) is 7.21. The van der Waals surface area contributed by atoms with Crippen LogP contribution in [0.3, 0.4) is 0 Å². The van der Waals surface area contributed by atoms with Crippen LogP contribution in [0.5, 0.6) is 0 Å². The SMILES string of the molecule is CCNC(=NCc1ccc(F)cc1CSC)NCCc1nnc2n1CCCCC2.I. The summed E-state index contributed by atoms with van der Waals surface area (Å²) in [6, 6.07) is 4.95. The minimum Gasteiger partial charge on any atom is -0.357 e. The average Bonchev–Trinajstić information content (AvgIpc) is 2.94. The molecule has 0 radical (unpaired) electrons. The zero-order valence-electron chi connectivity index (χ0n) is 17.8. The van der Waals surface area contributed by atoms with E-state index >= 15 is 0 Å². The van der Waals surface area contributed by atoms with Crippen molar-refractivity contribution in [2.24, 2.45) is 4.99 Å². The third-order valence-corrected chi connectivity index (χ3v) is 5.65. The molecule has 2 aromatic rings. The van der Waals surface area contributed by atoms with Crippen LogP contribution < -0.4 is 10.6 Å². The van der Waals surface area contributed by atoms with Crippen molar-refractivity contribution in [2.75, 3.05) is 19.3 Å². The zero-order chi connectivity index (χ0) is 20.5. The van der Waals surface area contributed by atoms with Gasteiger partial charge in [0.25, 0.3) is 0 Å². The summed E-state index contributed by atoms with van der Waals surface area (Å²) in [6.45, 7) is 5.12. The van der Waals surface area contributed by atoms with Crippen LogP contribution in [0.15, 0.2) is 23.2 Å². The molecule has 2 N–H and O–H groups in total. The highest BCUT2D eigenvalue weighted by Crippen LogP contribution is 2.18. The second-order valence-corrected chi connectivity index (χ2v) is 8.08. The first kappa shape index (κ1) is 24.9. The number of guanidine groups is 1. The maximum Gasteiger partial charge on any atom is 0.191 e. The minimum absolute atomic E-state index is 0. The van der Waals surface area contributed by atoms with E-state index in [1.54, 1.807) is 17.8 Å². The summed E-state index contributed by atoms with van der Waals surface area (Å²) in [5.74, 6) is 3.52. The Hall–Kier alpha value is -1.36. The van der Waals surface area contributed by atoms with Crippen LogP contribution in [-0.2, 0) is 31.7 Å². The van der Waals surface area contributed by atoms with Crippen LogP contribution in [0.2, 0.25) is 0 Å². The van der Waals surface area contributed by atoms with E-state index in [-0.39, 0.29) is 29.8 Å². The van der Waals surface area contributed by atoms with Crippen molar-refractivity contribution in [3.05, 3.63) is 46.8 Å². The Morgan fingerprint density at radius 1 is 1.20 bits per heavy atom. The molecular weight excluding hydrogens is 514 g/mol. The van der Waals surface area contributed by atoms with Gasteiger partial charge >= 0.3 is 0 Å². The normalized spacial score (nSPS) is 13.9. The molecule has 0 amide bonds. The molecule has 2 heterocycles. The number of fused-ring (bicyclic) bond motifs is 1. The fraction of sp³-hybridized carbons (Fsp3) is 0.571. The van der Waals surface area contributed by atoms with Gasteiger partial charge in [-0.25, -0.2) is 9.38 Å². The lowest BCUT2D eigenvalue weighted by Gasteiger charge is -2.13. The quantitative estimate of drug-likeness (QED) is 0.299. The van der Waals surface area contributed by atoms with Crippen molar-refractivity contribution < 1.29 is 4.39 Å². The molecular formula is C21H32FIN6S. The molecule has 1 aromatic heterocycles. The Morgan fingerprint density at radius 2 is 2.07 bits per heavy atom. The highest BCUT2D eigenvalue weighted by molar-refractivity contribution is 14.0. The summed E-state index contributed by atoms with van der Waals surface area (Å²) < 4.78 is 15.8. The van der Waals surface area contributed by atoms with Gasteiger partial charge in [-0.1, -0.05) is 12.5 Å². The molecule has 1 aliphatic rings. The van der Waals surface area contributed by atoms with Crippen molar-refractivity contribution in [1.82, 2.24) is 25.4 Å². The Morgan fingerprint density at radius 3 is 2.87 bits per heavy atom. The number of aromatic nitrogens is 3. The topological polar surface area (TPSA) is 67.1 Å². The predicted molar refractivity (Wildman–Crippen MR) is 133 cm³/mol. The van der Waals surface area contributed by atoms with Gasteiger partial charge in [0.15, 0.2) is 5.96 Å². The first-order valence-electron chi connectivity index (χ1n) is 10.4. The monoisotopic (exact) mass is 546 g/mol. The van der Waals surface area contributed by atoms with Gasteiger partial charge in [0.05, 0.1) is 6.54 Å². The molecule has 0 bridgehead atoms. The number of rotatable bonds is 8. The van der Waals surface area contributed by atoms with Crippen molar-refractivity contribution in [1.29, 1.82) is 0 Å². The maximum atomic E-state index is 13.6. The highest BCUT2D eigenvalue weighted by atomic mass is 127. The fourth-order valence-corrected chi connectivity index (χ4v) is 4.15. The number of aliphatic imine (C=N–C) groups is 1. The van der Waals surface area contributed by atoms with E-state index in [0.29, 0.717) is 6.54 Å². The van der Waals surface area contributed by atoms with Gasteiger partial charge in [-0.3, -0.25) is 0 Å². The van der Waals surface area contributed by atoms with Crippen molar-refractivity contribution in [2.45, 2.75) is 57.9 Å². The molecule has 3 rings (SSSR count). The van der Waals surface area contributed by atoms with Crippen LogP contribution in [0.1, 0.15) is 49.0 Å². The van der Waals surface area contributed by atoms with E-state index in [2.05, 4.69) is 25.4 Å². The lowest BCUT2D eigenvalue weighted by molar-refractivity contribution is 0.600. The van der Waals surface area contributed by atoms with E-state index < -0.39 is 0 Å². The van der Waals surface area contributed by atoms with Gasteiger partial charge in [-0.15, -0.1) is 34.2 Å². The fourth-order valence-electron chi connectivity index (χ4n) is 3.57. The Kier molecular flexibility index (Phi) is 10.9. The van der Waals surface area contributed by atoms with E-state index in [4.69, 9.17) is 4.99 Å². The smallest absolute Gasteiger partial charge is 0.191 e. The highest BCUT2D eigenvalue weighted by Gasteiger charge is 2.14. The molecule has 1 aliphatic heterocycles. The predicted octanol–water partition coefficient (Wildman–Crippen LogP) is 3.92. The van der Waals surface area contributed by atoms with Crippen LogP contribution in [0, 0.1) is 5.82 Å². The molecule has 0 spiro atoms. The molecule has 0 unspecified atom stereocenters. The Labute approximate surface area is 199 Å². The van der Waals surface area contributed by atoms with Gasteiger partial charge in [0.2, 0.25) is 0 Å². The summed E-state index contributed by atoms with van der Waals surface area (Å²) in [4.78, 5) is 4.70. The van der Waals surface area contributed by atoms with E-state index in [0.717, 1.165) is 67.0 Å². The molecule has 0 atom stereocenters. The molecule has 6 nitrogen and oxygen atoms in total. The second kappa shape index (κ2) is 13.1. The maximum absolute atomic E-state index is 13.6. The number of hydrogen-bond acceptors (Lipinski definition) is 4. The van der Waals surface area contributed by atoms with Gasteiger partial charge in [-0.2, -0.15) is 11.8 Å². The van der Waals surface area contributed by atoms with Crippen LogP contribution >= 0.6 is 35.7 Å². The van der Waals surface area contributed by atoms with Gasteiger partial charge in [0.1, 0.15) is 17.5 Å². The Bertz CT molecular complexity index is 826. The first-order chi connectivity index (χ1) is 14.2. The molecule has 0 aliphatic carbocycles. The van der Waals surface area contributed by atoms with E-state index in [1.807, 2.05) is 19.2 Å². The van der Waals surface area contributed by atoms with Gasteiger partial charge in [0, 0.05) is 38.2 Å². The number of thioether (sulfide) groups is 1. The van der Waals surface area contributed by atoms with E-state index in [1.165, 1.54) is 25.3 Å². The molecule has 1 aromatic carbocycles.